The van der Waals surface area contributed by atoms with Gasteiger partial charge in [0, 0.05) is 25.7 Å². The van der Waals surface area contributed by atoms with E-state index in [1.807, 2.05) is 0 Å². The Balaban J connectivity index is 4.04. The molecule has 11 heteroatoms. The van der Waals surface area contributed by atoms with E-state index in [2.05, 4.69) is 0 Å². The third-order valence-corrected chi connectivity index (χ3v) is 4.01. The van der Waals surface area contributed by atoms with Crippen LogP contribution in [0.1, 0.15) is 36.5 Å². The molecule has 0 spiro atoms. The van der Waals surface area contributed by atoms with Gasteiger partial charge in [-0.25, -0.2) is 13.2 Å². The Morgan fingerprint density at radius 2 is 1.04 bits per heavy atom. The van der Waals surface area contributed by atoms with E-state index in [0.29, 0.717) is 0 Å². The second kappa shape index (κ2) is 7.63. The number of hydrogen-bond donors (Lipinski definition) is 0. The topological polar surface area (TPSA) is 18.5 Å². The van der Waals surface area contributed by atoms with E-state index in [9.17, 15) is 39.5 Å². The van der Waals surface area contributed by atoms with Gasteiger partial charge in [0.25, 0.3) is 0 Å². The van der Waals surface area contributed by atoms with E-state index in [1.165, 1.54) is 0 Å². The van der Waals surface area contributed by atoms with Crippen LogP contribution >= 0.6 is 0 Å². The number of hydrogen-bond acceptors (Lipinski definition) is 2. The van der Waals surface area contributed by atoms with Crippen molar-refractivity contribution in [3.8, 4) is 0 Å². The minimum atomic E-state index is -5.87. The molecule has 0 heterocycles. The average molecular weight is 398 g/mol. The van der Waals surface area contributed by atoms with Crippen LogP contribution in [0, 0.1) is 17.5 Å². The second-order valence-electron chi connectivity index (χ2n) is 5.51. The van der Waals surface area contributed by atoms with Crippen LogP contribution in [-0.4, -0.2) is 26.4 Å². The zero-order valence-electron chi connectivity index (χ0n) is 14.0. The van der Waals surface area contributed by atoms with Crippen LogP contribution in [0.15, 0.2) is 0 Å². The molecular weight excluding hydrogens is 383 g/mol. The lowest BCUT2D eigenvalue weighted by Crippen LogP contribution is -2.33. The molecule has 0 saturated carbocycles. The Hall–Kier alpha value is -1.49. The predicted molar refractivity (Wildman–Crippen MR) is 72.0 cm³/mol. The van der Waals surface area contributed by atoms with E-state index >= 15 is 0 Å². The van der Waals surface area contributed by atoms with Gasteiger partial charge in [0.05, 0.1) is 17.8 Å². The standard InChI is InChI=1S/C15H15F9O2/c1-5(25-3)7(6(2)26-4)8-9(14(19,20)21)12(17)10(15(22,23)24)13(18)11(8)16/h5-7H,1-4H3. The van der Waals surface area contributed by atoms with E-state index in [4.69, 9.17) is 9.47 Å². The number of methoxy groups -OCH3 is 2. The Labute approximate surface area is 142 Å². The van der Waals surface area contributed by atoms with Gasteiger partial charge in [-0.2, -0.15) is 26.3 Å². The van der Waals surface area contributed by atoms with Crippen molar-refractivity contribution < 1.29 is 49.0 Å². The molecule has 2 nitrogen and oxygen atoms in total. The third kappa shape index (κ3) is 4.08. The number of benzene rings is 1. The van der Waals surface area contributed by atoms with Crippen molar-refractivity contribution in [3.63, 3.8) is 0 Å². The summed E-state index contributed by atoms with van der Waals surface area (Å²) in [5.74, 6) is -9.89. The summed E-state index contributed by atoms with van der Waals surface area (Å²) in [5, 5.41) is 0. The van der Waals surface area contributed by atoms with Gasteiger partial charge in [0.1, 0.15) is 5.56 Å². The van der Waals surface area contributed by atoms with Gasteiger partial charge in [0.2, 0.25) is 0 Å². The van der Waals surface area contributed by atoms with Crippen LogP contribution in [-0.2, 0) is 21.8 Å². The lowest BCUT2D eigenvalue weighted by Gasteiger charge is -2.31. The molecule has 0 aromatic heterocycles. The molecular formula is C15H15F9O2. The van der Waals surface area contributed by atoms with Crippen molar-refractivity contribution in [2.45, 2.75) is 44.3 Å². The molecule has 0 aliphatic heterocycles. The molecule has 1 rings (SSSR count). The first-order valence-corrected chi connectivity index (χ1v) is 7.10. The van der Waals surface area contributed by atoms with Gasteiger partial charge in [-0.05, 0) is 13.8 Å². The summed E-state index contributed by atoms with van der Waals surface area (Å²) in [4.78, 5) is 0. The highest BCUT2D eigenvalue weighted by molar-refractivity contribution is 5.42. The van der Waals surface area contributed by atoms with Gasteiger partial charge in [0.15, 0.2) is 17.5 Å². The van der Waals surface area contributed by atoms with Crippen LogP contribution in [0.4, 0.5) is 39.5 Å². The first-order chi connectivity index (χ1) is 11.7. The fourth-order valence-corrected chi connectivity index (χ4v) is 2.66. The number of ether oxygens (including phenoxy) is 2. The normalized spacial score (nSPS) is 16.5. The van der Waals surface area contributed by atoms with Gasteiger partial charge in [-0.3, -0.25) is 0 Å². The second-order valence-corrected chi connectivity index (χ2v) is 5.51. The summed E-state index contributed by atoms with van der Waals surface area (Å²) >= 11 is 0. The van der Waals surface area contributed by atoms with Gasteiger partial charge >= 0.3 is 12.4 Å². The largest absolute Gasteiger partial charge is 0.422 e. The van der Waals surface area contributed by atoms with Crippen molar-refractivity contribution in [2.24, 2.45) is 0 Å². The minimum absolute atomic E-state index is 1.03. The molecule has 0 aliphatic rings. The maximum atomic E-state index is 14.4. The Morgan fingerprint density at radius 3 is 1.35 bits per heavy atom. The third-order valence-electron chi connectivity index (χ3n) is 4.01. The lowest BCUT2D eigenvalue weighted by molar-refractivity contribution is -0.150. The summed E-state index contributed by atoms with van der Waals surface area (Å²) in [6, 6.07) is 0. The number of alkyl halides is 6. The Kier molecular flexibility index (Phi) is 6.62. The highest BCUT2D eigenvalue weighted by Gasteiger charge is 2.50. The van der Waals surface area contributed by atoms with Crippen molar-refractivity contribution in [1.82, 2.24) is 0 Å². The number of halogens is 9. The van der Waals surface area contributed by atoms with E-state index in [-0.39, 0.29) is 0 Å². The molecule has 0 radical (unpaired) electrons. The zero-order chi connectivity index (χ0) is 20.6. The molecule has 0 bridgehead atoms. The summed E-state index contributed by atoms with van der Waals surface area (Å²) in [5.41, 5.74) is -7.11. The molecule has 1 aromatic rings. The van der Waals surface area contributed by atoms with Gasteiger partial charge in [-0.1, -0.05) is 0 Å². The molecule has 2 atom stereocenters. The first kappa shape index (κ1) is 22.6. The summed E-state index contributed by atoms with van der Waals surface area (Å²) in [7, 11) is 2.06. The fraction of sp³-hybridized carbons (Fsp3) is 0.600. The van der Waals surface area contributed by atoms with Crippen molar-refractivity contribution in [3.05, 3.63) is 34.1 Å². The van der Waals surface area contributed by atoms with Gasteiger partial charge in [-0.15, -0.1) is 0 Å². The van der Waals surface area contributed by atoms with E-state index < -0.39 is 64.6 Å². The monoisotopic (exact) mass is 398 g/mol. The van der Waals surface area contributed by atoms with E-state index in [1.54, 1.807) is 0 Å². The Morgan fingerprint density at radius 1 is 0.654 bits per heavy atom. The maximum Gasteiger partial charge on any atom is 0.422 e. The SMILES string of the molecule is COC(C)C(c1c(F)c(F)c(C(F)(F)F)c(F)c1C(F)(F)F)C(C)OC. The molecule has 0 N–H and O–H groups in total. The lowest BCUT2D eigenvalue weighted by atomic mass is 9.84. The van der Waals surface area contributed by atoms with Crippen LogP contribution in [0.3, 0.4) is 0 Å². The smallest absolute Gasteiger partial charge is 0.381 e. The number of rotatable bonds is 5. The minimum Gasteiger partial charge on any atom is -0.381 e. The molecule has 0 fully saturated rings. The molecule has 26 heavy (non-hydrogen) atoms. The fourth-order valence-electron chi connectivity index (χ4n) is 2.66. The quantitative estimate of drug-likeness (QED) is 0.496. The zero-order valence-corrected chi connectivity index (χ0v) is 14.0. The van der Waals surface area contributed by atoms with Crippen LogP contribution < -0.4 is 0 Å². The highest BCUT2D eigenvalue weighted by Crippen LogP contribution is 2.46. The van der Waals surface area contributed by atoms with Crippen LogP contribution in [0.2, 0.25) is 0 Å². The molecule has 2 unspecified atom stereocenters. The molecule has 0 aliphatic carbocycles. The van der Waals surface area contributed by atoms with Gasteiger partial charge < -0.3 is 9.47 Å². The molecule has 0 saturated heterocycles. The molecule has 0 amide bonds. The van der Waals surface area contributed by atoms with Crippen LogP contribution in [0.25, 0.3) is 0 Å². The summed E-state index contributed by atoms with van der Waals surface area (Å²) < 4.78 is 130. The van der Waals surface area contributed by atoms with Crippen LogP contribution in [0.5, 0.6) is 0 Å². The summed E-state index contributed by atoms with van der Waals surface area (Å²) in [6.07, 6.45) is -14.1. The Bertz CT molecular complexity index is 642. The van der Waals surface area contributed by atoms with E-state index in [0.717, 1.165) is 28.1 Å². The summed E-state index contributed by atoms with van der Waals surface area (Å²) in [6.45, 7) is 2.32. The highest BCUT2D eigenvalue weighted by atomic mass is 19.4. The van der Waals surface area contributed by atoms with Crippen molar-refractivity contribution in [2.75, 3.05) is 14.2 Å². The molecule has 150 valence electrons. The maximum absolute atomic E-state index is 14.4. The van der Waals surface area contributed by atoms with Crippen molar-refractivity contribution in [1.29, 1.82) is 0 Å². The average Bonchev–Trinajstić information content (AvgIpc) is 2.48. The van der Waals surface area contributed by atoms with Crippen molar-refractivity contribution >= 4 is 0 Å². The molecule has 1 aromatic carbocycles. The first-order valence-electron chi connectivity index (χ1n) is 7.10. The predicted octanol–water partition coefficient (Wildman–Crippen LogP) is 5.29.